The summed E-state index contributed by atoms with van der Waals surface area (Å²) in [5.41, 5.74) is 5.04. The molecule has 2 aliphatic rings. The van der Waals surface area contributed by atoms with E-state index in [-0.39, 0.29) is 11.9 Å². The first-order valence-corrected chi connectivity index (χ1v) is 12.9. The minimum Gasteiger partial charge on any atom is -0.369 e. The molecule has 4 nitrogen and oxygen atoms in total. The molecule has 0 radical (unpaired) electrons. The summed E-state index contributed by atoms with van der Waals surface area (Å²) >= 11 is 1.86. The van der Waals surface area contributed by atoms with Crippen molar-refractivity contribution in [3.05, 3.63) is 95.6 Å². The normalized spacial score (nSPS) is 18.2. The molecule has 1 saturated heterocycles. The number of hydrogen-bond acceptors (Lipinski definition) is 4. The molecule has 1 unspecified atom stereocenters. The lowest BCUT2D eigenvalue weighted by Crippen LogP contribution is -2.46. The predicted molar refractivity (Wildman–Crippen MR) is 137 cm³/mol. The lowest BCUT2D eigenvalue weighted by molar-refractivity contribution is -0.121. The highest BCUT2D eigenvalue weighted by Crippen LogP contribution is 2.39. The number of carbonyl (C=O) groups is 1. The molecule has 1 atom stereocenters. The van der Waals surface area contributed by atoms with Gasteiger partial charge >= 0.3 is 0 Å². The van der Waals surface area contributed by atoms with Crippen LogP contribution in [-0.2, 0) is 10.5 Å². The maximum Gasteiger partial charge on any atom is 0.220 e. The fourth-order valence-electron chi connectivity index (χ4n) is 4.84. The first kappa shape index (κ1) is 22.1. The van der Waals surface area contributed by atoms with Crippen LogP contribution in [0.5, 0.6) is 0 Å². The zero-order valence-corrected chi connectivity index (χ0v) is 19.8. The molecule has 1 fully saturated rings. The topological polar surface area (TPSA) is 35.6 Å². The number of piperazine rings is 1. The van der Waals surface area contributed by atoms with Crippen LogP contribution in [0.25, 0.3) is 0 Å². The Labute approximate surface area is 201 Å². The Hall–Kier alpha value is -2.76. The van der Waals surface area contributed by atoms with Gasteiger partial charge in [-0.25, -0.2) is 0 Å². The molecule has 170 valence electrons. The van der Waals surface area contributed by atoms with E-state index >= 15 is 0 Å². The molecule has 2 heterocycles. The molecule has 2 aliphatic heterocycles. The number of hydrogen-bond donors (Lipinski definition) is 1. The number of para-hydroxylation sites is 1. The molecule has 0 saturated carbocycles. The van der Waals surface area contributed by atoms with E-state index in [4.69, 9.17) is 0 Å². The summed E-state index contributed by atoms with van der Waals surface area (Å²) in [5.74, 6) is 1.08. The van der Waals surface area contributed by atoms with E-state index in [1.807, 2.05) is 11.8 Å². The first-order chi connectivity index (χ1) is 16.3. The van der Waals surface area contributed by atoms with Gasteiger partial charge in [0.2, 0.25) is 5.91 Å². The second-order valence-corrected chi connectivity index (χ2v) is 9.81. The molecule has 33 heavy (non-hydrogen) atoms. The van der Waals surface area contributed by atoms with E-state index in [1.165, 1.54) is 27.3 Å². The Morgan fingerprint density at radius 1 is 0.848 bits per heavy atom. The lowest BCUT2D eigenvalue weighted by atomic mass is 9.95. The van der Waals surface area contributed by atoms with Crippen LogP contribution in [0.4, 0.5) is 5.69 Å². The number of amides is 1. The monoisotopic (exact) mass is 457 g/mol. The number of rotatable bonds is 6. The average Bonchev–Trinajstić information content (AvgIpc) is 3.02. The molecule has 0 bridgehead atoms. The second kappa shape index (κ2) is 10.4. The number of anilines is 1. The van der Waals surface area contributed by atoms with Crippen molar-refractivity contribution in [2.45, 2.75) is 29.5 Å². The van der Waals surface area contributed by atoms with Crippen molar-refractivity contribution in [3.8, 4) is 0 Å². The van der Waals surface area contributed by atoms with Gasteiger partial charge in [0.05, 0.1) is 6.04 Å². The highest BCUT2D eigenvalue weighted by Gasteiger charge is 2.25. The third-order valence-corrected chi connectivity index (χ3v) is 7.79. The van der Waals surface area contributed by atoms with Crippen LogP contribution in [0, 0.1) is 0 Å². The first-order valence-electron chi connectivity index (χ1n) is 11.9. The van der Waals surface area contributed by atoms with Gasteiger partial charge in [-0.1, -0.05) is 60.7 Å². The summed E-state index contributed by atoms with van der Waals surface area (Å²) in [7, 11) is 0. The van der Waals surface area contributed by atoms with Crippen molar-refractivity contribution in [1.82, 2.24) is 10.2 Å². The standard InChI is InChI=1S/C28H31N3OS/c32-27(15-8-16-30-17-19-31(20-18-30)23-10-2-1-3-11-23)29-28-24-12-5-4-9-22(24)21-33-26-14-7-6-13-25(26)28/h1-7,9-14,28H,8,15-21H2,(H,29,32). The van der Waals surface area contributed by atoms with Crippen LogP contribution in [0.1, 0.15) is 35.6 Å². The average molecular weight is 458 g/mol. The largest absolute Gasteiger partial charge is 0.369 e. The minimum atomic E-state index is -0.0747. The summed E-state index contributed by atoms with van der Waals surface area (Å²) in [6.45, 7) is 5.17. The number of benzene rings is 3. The van der Waals surface area contributed by atoms with E-state index in [2.05, 4.69) is 94.0 Å². The predicted octanol–water partition coefficient (Wildman–Crippen LogP) is 5.10. The zero-order chi connectivity index (χ0) is 22.5. The third kappa shape index (κ3) is 5.26. The van der Waals surface area contributed by atoms with Crippen LogP contribution >= 0.6 is 11.8 Å². The SMILES string of the molecule is O=C(CCCN1CCN(c2ccccc2)CC1)NC1c2ccccc2CSc2ccccc21. The highest BCUT2D eigenvalue weighted by atomic mass is 32.2. The van der Waals surface area contributed by atoms with Gasteiger partial charge in [-0.2, -0.15) is 0 Å². The Morgan fingerprint density at radius 2 is 1.55 bits per heavy atom. The molecule has 3 aromatic carbocycles. The van der Waals surface area contributed by atoms with Crippen molar-refractivity contribution in [2.24, 2.45) is 0 Å². The van der Waals surface area contributed by atoms with E-state index in [9.17, 15) is 4.79 Å². The molecule has 3 aromatic rings. The number of carbonyl (C=O) groups excluding carboxylic acids is 1. The van der Waals surface area contributed by atoms with Crippen molar-refractivity contribution in [3.63, 3.8) is 0 Å². The summed E-state index contributed by atoms with van der Waals surface area (Å²) in [6, 6.07) is 27.5. The van der Waals surface area contributed by atoms with Gasteiger partial charge in [0.1, 0.15) is 0 Å². The number of thioether (sulfide) groups is 1. The Kier molecular flexibility index (Phi) is 6.98. The van der Waals surface area contributed by atoms with Gasteiger partial charge < -0.3 is 10.2 Å². The maximum absolute atomic E-state index is 13.0. The minimum absolute atomic E-state index is 0.0747. The van der Waals surface area contributed by atoms with Crippen molar-refractivity contribution in [2.75, 3.05) is 37.6 Å². The summed E-state index contributed by atoms with van der Waals surface area (Å²) < 4.78 is 0. The Balaban J connectivity index is 1.15. The molecule has 5 rings (SSSR count). The van der Waals surface area contributed by atoms with E-state index in [0.717, 1.165) is 44.9 Å². The highest BCUT2D eigenvalue weighted by molar-refractivity contribution is 7.98. The molecule has 0 aromatic heterocycles. The van der Waals surface area contributed by atoms with Crippen LogP contribution in [0.3, 0.4) is 0 Å². The number of nitrogens with zero attached hydrogens (tertiary/aromatic N) is 2. The van der Waals surface area contributed by atoms with Crippen molar-refractivity contribution in [1.29, 1.82) is 0 Å². The van der Waals surface area contributed by atoms with Gasteiger partial charge in [-0.3, -0.25) is 9.69 Å². The number of nitrogens with one attached hydrogen (secondary N) is 1. The second-order valence-electron chi connectivity index (χ2n) is 8.79. The maximum atomic E-state index is 13.0. The smallest absolute Gasteiger partial charge is 0.220 e. The summed E-state index contributed by atoms with van der Waals surface area (Å²) in [6.07, 6.45) is 1.45. The zero-order valence-electron chi connectivity index (χ0n) is 19.0. The number of fused-ring (bicyclic) bond motifs is 2. The quantitative estimate of drug-likeness (QED) is 0.559. The van der Waals surface area contributed by atoms with Crippen LogP contribution < -0.4 is 10.2 Å². The van der Waals surface area contributed by atoms with Crippen LogP contribution in [-0.4, -0.2) is 43.5 Å². The van der Waals surface area contributed by atoms with E-state index in [0.29, 0.717) is 6.42 Å². The lowest BCUT2D eigenvalue weighted by Gasteiger charge is -2.36. The van der Waals surface area contributed by atoms with Gasteiger partial charge in [0, 0.05) is 48.9 Å². The Morgan fingerprint density at radius 3 is 2.36 bits per heavy atom. The summed E-state index contributed by atoms with van der Waals surface area (Å²) in [5, 5.41) is 3.36. The van der Waals surface area contributed by atoms with Crippen molar-refractivity contribution < 1.29 is 4.79 Å². The van der Waals surface area contributed by atoms with Crippen molar-refractivity contribution >= 4 is 23.4 Å². The Bertz CT molecular complexity index is 1030. The fourth-order valence-corrected chi connectivity index (χ4v) is 5.94. The summed E-state index contributed by atoms with van der Waals surface area (Å²) in [4.78, 5) is 19.2. The van der Waals surface area contributed by atoms with Gasteiger partial charge in [0.25, 0.3) is 0 Å². The molecule has 5 heteroatoms. The van der Waals surface area contributed by atoms with Gasteiger partial charge in [-0.05, 0) is 47.9 Å². The van der Waals surface area contributed by atoms with E-state index in [1.54, 1.807) is 0 Å². The van der Waals surface area contributed by atoms with Crippen LogP contribution in [0.15, 0.2) is 83.8 Å². The molecular weight excluding hydrogens is 426 g/mol. The fraction of sp³-hybridized carbons (Fsp3) is 0.321. The molecular formula is C28H31N3OS. The molecule has 0 spiro atoms. The van der Waals surface area contributed by atoms with Gasteiger partial charge in [0.15, 0.2) is 0 Å². The molecule has 1 N–H and O–H groups in total. The molecule has 0 aliphatic carbocycles. The van der Waals surface area contributed by atoms with Gasteiger partial charge in [-0.15, -0.1) is 11.8 Å². The third-order valence-electron chi connectivity index (χ3n) is 6.66. The van der Waals surface area contributed by atoms with E-state index < -0.39 is 0 Å². The molecule has 1 amide bonds. The van der Waals surface area contributed by atoms with Crippen LogP contribution in [0.2, 0.25) is 0 Å².